The monoisotopic (exact) mass is 243 g/mol. The molecule has 1 rings (SSSR count). The number of nitrogens with zero attached hydrogens (tertiary/aromatic N) is 1. The lowest BCUT2D eigenvalue weighted by Gasteiger charge is -2.35. The largest absolute Gasteiger partial charge is 0.377 e. The van der Waals surface area contributed by atoms with Crippen molar-refractivity contribution in [3.8, 4) is 0 Å². The molecule has 0 aromatic rings. The topological polar surface area (TPSA) is 84.7 Å². The molecule has 98 valence electrons. The standard InChI is InChI=1S/C11H21N3O3/c1-3-4-13-10(15)9-7-17-6-5-14(9)11(16)8(2)12/h8-9H,3-7,12H2,1-2H3,(H,13,15)/t8-,9?/m0/s1. The van der Waals surface area contributed by atoms with Crippen LogP contribution in [0.2, 0.25) is 0 Å². The van der Waals surface area contributed by atoms with Crippen molar-refractivity contribution in [3.63, 3.8) is 0 Å². The van der Waals surface area contributed by atoms with Crippen molar-refractivity contribution in [3.05, 3.63) is 0 Å². The van der Waals surface area contributed by atoms with E-state index >= 15 is 0 Å². The van der Waals surface area contributed by atoms with Crippen LogP contribution in [0.4, 0.5) is 0 Å². The Morgan fingerprint density at radius 2 is 2.29 bits per heavy atom. The van der Waals surface area contributed by atoms with Gasteiger partial charge in [0.25, 0.3) is 0 Å². The highest BCUT2D eigenvalue weighted by atomic mass is 16.5. The van der Waals surface area contributed by atoms with Gasteiger partial charge in [-0.05, 0) is 13.3 Å². The first kappa shape index (κ1) is 13.9. The maximum absolute atomic E-state index is 11.9. The molecule has 0 spiro atoms. The zero-order valence-electron chi connectivity index (χ0n) is 10.4. The number of hydrogen-bond donors (Lipinski definition) is 2. The van der Waals surface area contributed by atoms with Crippen LogP contribution in [0.25, 0.3) is 0 Å². The van der Waals surface area contributed by atoms with Crippen molar-refractivity contribution in [2.45, 2.75) is 32.4 Å². The zero-order chi connectivity index (χ0) is 12.8. The molecule has 1 unspecified atom stereocenters. The normalized spacial score (nSPS) is 22.1. The molecule has 2 amide bonds. The summed E-state index contributed by atoms with van der Waals surface area (Å²) in [7, 11) is 0. The van der Waals surface area contributed by atoms with Gasteiger partial charge in [0.1, 0.15) is 6.04 Å². The van der Waals surface area contributed by atoms with Crippen LogP contribution in [0.1, 0.15) is 20.3 Å². The predicted molar refractivity (Wildman–Crippen MR) is 63.3 cm³/mol. The van der Waals surface area contributed by atoms with Gasteiger partial charge < -0.3 is 20.7 Å². The van der Waals surface area contributed by atoms with Crippen LogP contribution in [-0.2, 0) is 14.3 Å². The third-order valence-electron chi connectivity index (χ3n) is 2.65. The second-order valence-electron chi connectivity index (χ2n) is 4.20. The van der Waals surface area contributed by atoms with Crippen molar-refractivity contribution in [1.82, 2.24) is 10.2 Å². The highest BCUT2D eigenvalue weighted by Gasteiger charge is 2.33. The smallest absolute Gasteiger partial charge is 0.245 e. The molecule has 1 aliphatic heterocycles. The third kappa shape index (κ3) is 3.67. The number of nitrogens with one attached hydrogen (secondary N) is 1. The average Bonchev–Trinajstić information content (AvgIpc) is 2.34. The molecule has 0 bridgehead atoms. The molecule has 17 heavy (non-hydrogen) atoms. The van der Waals surface area contributed by atoms with E-state index in [1.165, 1.54) is 4.90 Å². The molecule has 0 saturated carbocycles. The van der Waals surface area contributed by atoms with Crippen LogP contribution in [0.5, 0.6) is 0 Å². The van der Waals surface area contributed by atoms with Gasteiger partial charge in [0.15, 0.2) is 0 Å². The Morgan fingerprint density at radius 3 is 2.88 bits per heavy atom. The minimum atomic E-state index is -0.588. The summed E-state index contributed by atoms with van der Waals surface area (Å²) in [6.07, 6.45) is 0.862. The molecule has 6 nitrogen and oxygen atoms in total. The van der Waals surface area contributed by atoms with Gasteiger partial charge in [-0.15, -0.1) is 0 Å². The lowest BCUT2D eigenvalue weighted by atomic mass is 10.1. The summed E-state index contributed by atoms with van der Waals surface area (Å²) in [6, 6.07) is -1.14. The number of morpholine rings is 1. The minimum absolute atomic E-state index is 0.166. The van der Waals surface area contributed by atoms with Crippen LogP contribution >= 0.6 is 0 Å². The first-order valence-corrected chi connectivity index (χ1v) is 5.99. The number of nitrogens with two attached hydrogens (primary N) is 1. The summed E-state index contributed by atoms with van der Waals surface area (Å²) in [5.74, 6) is -0.370. The van der Waals surface area contributed by atoms with E-state index in [1.54, 1.807) is 6.92 Å². The maximum Gasteiger partial charge on any atom is 0.245 e. The lowest BCUT2D eigenvalue weighted by Crippen LogP contribution is -2.58. The van der Waals surface area contributed by atoms with E-state index in [2.05, 4.69) is 5.32 Å². The van der Waals surface area contributed by atoms with E-state index in [-0.39, 0.29) is 18.4 Å². The fourth-order valence-corrected chi connectivity index (χ4v) is 1.71. The van der Waals surface area contributed by atoms with Gasteiger partial charge >= 0.3 is 0 Å². The average molecular weight is 243 g/mol. The van der Waals surface area contributed by atoms with E-state index in [0.717, 1.165) is 6.42 Å². The van der Waals surface area contributed by atoms with E-state index in [4.69, 9.17) is 10.5 Å². The van der Waals surface area contributed by atoms with Gasteiger partial charge in [0.2, 0.25) is 11.8 Å². The molecule has 0 radical (unpaired) electrons. The minimum Gasteiger partial charge on any atom is -0.377 e. The van der Waals surface area contributed by atoms with Crippen molar-refractivity contribution >= 4 is 11.8 Å². The summed E-state index contributed by atoms with van der Waals surface area (Å²) in [5.41, 5.74) is 5.57. The fraction of sp³-hybridized carbons (Fsp3) is 0.818. The van der Waals surface area contributed by atoms with Crippen molar-refractivity contribution in [1.29, 1.82) is 0 Å². The quantitative estimate of drug-likeness (QED) is 0.669. The van der Waals surface area contributed by atoms with Gasteiger partial charge in [-0.3, -0.25) is 9.59 Å². The summed E-state index contributed by atoms with van der Waals surface area (Å²) < 4.78 is 5.25. The van der Waals surface area contributed by atoms with Crippen LogP contribution in [0.3, 0.4) is 0 Å². The van der Waals surface area contributed by atoms with Gasteiger partial charge in [-0.2, -0.15) is 0 Å². The number of ether oxygens (including phenoxy) is 1. The summed E-state index contributed by atoms with van der Waals surface area (Å²) in [4.78, 5) is 25.2. The molecule has 6 heteroatoms. The highest BCUT2D eigenvalue weighted by molar-refractivity contribution is 5.89. The van der Waals surface area contributed by atoms with Crippen LogP contribution in [0, 0.1) is 0 Å². The predicted octanol–water partition coefficient (Wildman–Crippen LogP) is -0.913. The molecule has 3 N–H and O–H groups in total. The van der Waals surface area contributed by atoms with Crippen LogP contribution < -0.4 is 11.1 Å². The molecule has 0 aromatic carbocycles. The lowest BCUT2D eigenvalue weighted by molar-refractivity contribution is -0.149. The zero-order valence-corrected chi connectivity index (χ0v) is 10.4. The molecule has 1 heterocycles. The molecular formula is C11H21N3O3. The Balaban J connectivity index is 2.65. The fourth-order valence-electron chi connectivity index (χ4n) is 1.71. The molecule has 1 aliphatic rings. The Labute approximate surface area is 101 Å². The maximum atomic E-state index is 11.9. The van der Waals surface area contributed by atoms with Crippen molar-refractivity contribution in [2.75, 3.05) is 26.3 Å². The van der Waals surface area contributed by atoms with Gasteiger partial charge in [-0.25, -0.2) is 0 Å². The number of hydrogen-bond acceptors (Lipinski definition) is 4. The van der Waals surface area contributed by atoms with E-state index in [9.17, 15) is 9.59 Å². The van der Waals surface area contributed by atoms with Crippen LogP contribution in [0.15, 0.2) is 0 Å². The van der Waals surface area contributed by atoms with Gasteiger partial charge in [-0.1, -0.05) is 6.92 Å². The number of carbonyl (C=O) groups is 2. The number of carbonyl (C=O) groups excluding carboxylic acids is 2. The molecule has 0 aliphatic carbocycles. The molecular weight excluding hydrogens is 222 g/mol. The summed E-state index contributed by atoms with van der Waals surface area (Å²) >= 11 is 0. The van der Waals surface area contributed by atoms with E-state index in [0.29, 0.717) is 19.7 Å². The first-order chi connectivity index (χ1) is 8.07. The summed E-state index contributed by atoms with van der Waals surface area (Å²) in [5, 5.41) is 2.77. The van der Waals surface area contributed by atoms with Gasteiger partial charge in [0.05, 0.1) is 19.3 Å². The van der Waals surface area contributed by atoms with E-state index < -0.39 is 12.1 Å². The van der Waals surface area contributed by atoms with Crippen molar-refractivity contribution < 1.29 is 14.3 Å². The second kappa shape index (κ2) is 6.56. The summed E-state index contributed by atoms with van der Waals surface area (Å²) in [6.45, 7) is 5.32. The number of rotatable bonds is 4. The second-order valence-corrected chi connectivity index (χ2v) is 4.20. The molecule has 1 saturated heterocycles. The Bertz CT molecular complexity index is 281. The molecule has 1 fully saturated rings. The number of amides is 2. The Morgan fingerprint density at radius 1 is 1.59 bits per heavy atom. The van der Waals surface area contributed by atoms with Gasteiger partial charge in [0, 0.05) is 13.1 Å². The highest BCUT2D eigenvalue weighted by Crippen LogP contribution is 2.08. The van der Waals surface area contributed by atoms with Crippen LogP contribution in [-0.4, -0.2) is 55.1 Å². The Kier molecular flexibility index (Phi) is 5.37. The van der Waals surface area contributed by atoms with Crippen molar-refractivity contribution in [2.24, 2.45) is 5.73 Å². The Hall–Kier alpha value is -1.14. The SMILES string of the molecule is CCCNC(=O)C1COCCN1C(=O)[C@H](C)N. The molecule has 2 atom stereocenters. The van der Waals surface area contributed by atoms with E-state index in [1.807, 2.05) is 6.92 Å². The molecule has 0 aromatic heterocycles. The third-order valence-corrected chi connectivity index (χ3v) is 2.65. The first-order valence-electron chi connectivity index (χ1n) is 5.99.